The fraction of sp³-hybridized carbons (Fsp3) is 0.440. The first-order chi connectivity index (χ1) is 15.9. The Morgan fingerprint density at radius 3 is 2.38 bits per heavy atom. The standard InChI is InChI=1S/C25H33N3O5S/c1-18-7-5-9-21(15-18)27-34(31,32)22-10-6-8-20(16-22)23(29)28-13-11-19(12-14-28)17-26-24(30)33-25(2,3)4/h5-10,15-16,19,27H,11-14,17H2,1-4H3,(H,26,30). The van der Waals surface area contributed by atoms with Crippen LogP contribution in [-0.2, 0) is 14.8 Å². The van der Waals surface area contributed by atoms with E-state index in [1.165, 1.54) is 12.1 Å². The molecule has 184 valence electrons. The number of carbonyl (C=O) groups is 2. The van der Waals surface area contributed by atoms with E-state index in [2.05, 4.69) is 10.0 Å². The van der Waals surface area contributed by atoms with Crippen molar-refractivity contribution in [1.82, 2.24) is 10.2 Å². The molecule has 2 aromatic carbocycles. The smallest absolute Gasteiger partial charge is 0.407 e. The van der Waals surface area contributed by atoms with Crippen LogP contribution in [0.15, 0.2) is 53.4 Å². The van der Waals surface area contributed by atoms with E-state index in [-0.39, 0.29) is 16.7 Å². The Labute approximate surface area is 201 Å². The minimum atomic E-state index is -3.83. The fourth-order valence-electron chi connectivity index (χ4n) is 3.78. The summed E-state index contributed by atoms with van der Waals surface area (Å²) in [5, 5.41) is 2.79. The number of carbonyl (C=O) groups excluding carboxylic acids is 2. The molecule has 2 N–H and O–H groups in total. The molecular weight excluding hydrogens is 454 g/mol. The molecule has 0 saturated carbocycles. The number of benzene rings is 2. The van der Waals surface area contributed by atoms with E-state index in [0.717, 1.165) is 18.4 Å². The van der Waals surface area contributed by atoms with Gasteiger partial charge in [0, 0.05) is 30.9 Å². The lowest BCUT2D eigenvalue weighted by Crippen LogP contribution is -2.42. The van der Waals surface area contributed by atoms with E-state index in [1.807, 2.05) is 33.8 Å². The summed E-state index contributed by atoms with van der Waals surface area (Å²) < 4.78 is 33.5. The third-order valence-corrected chi connectivity index (χ3v) is 6.88. The molecule has 0 aromatic heterocycles. The second-order valence-corrected chi connectivity index (χ2v) is 11.3. The number of sulfonamides is 1. The molecule has 1 saturated heterocycles. The lowest BCUT2D eigenvalue weighted by atomic mass is 9.96. The van der Waals surface area contributed by atoms with Crippen molar-refractivity contribution < 1.29 is 22.7 Å². The lowest BCUT2D eigenvalue weighted by Gasteiger charge is -2.32. The minimum Gasteiger partial charge on any atom is -0.444 e. The molecular formula is C25H33N3O5S. The molecule has 3 rings (SSSR count). The van der Waals surface area contributed by atoms with Crippen LogP contribution in [0, 0.1) is 12.8 Å². The summed E-state index contributed by atoms with van der Waals surface area (Å²) in [6, 6.07) is 13.2. The molecule has 1 aliphatic rings. The average Bonchev–Trinajstić information content (AvgIpc) is 2.76. The monoisotopic (exact) mass is 487 g/mol. The minimum absolute atomic E-state index is 0.0382. The number of alkyl carbamates (subject to hydrolysis) is 1. The Morgan fingerprint density at radius 1 is 1.06 bits per heavy atom. The van der Waals surface area contributed by atoms with Crippen molar-refractivity contribution in [2.24, 2.45) is 5.92 Å². The Kier molecular flexibility index (Phi) is 7.86. The molecule has 34 heavy (non-hydrogen) atoms. The zero-order valence-corrected chi connectivity index (χ0v) is 20.9. The van der Waals surface area contributed by atoms with Crippen LogP contribution < -0.4 is 10.0 Å². The van der Waals surface area contributed by atoms with E-state index < -0.39 is 21.7 Å². The number of piperidine rings is 1. The Balaban J connectivity index is 1.58. The van der Waals surface area contributed by atoms with Crippen molar-refractivity contribution >= 4 is 27.7 Å². The number of rotatable bonds is 6. The van der Waals surface area contributed by atoms with Crippen LogP contribution in [0.3, 0.4) is 0 Å². The van der Waals surface area contributed by atoms with E-state index in [1.54, 1.807) is 35.2 Å². The molecule has 2 aromatic rings. The van der Waals surface area contributed by atoms with Crippen molar-refractivity contribution in [2.45, 2.75) is 51.0 Å². The van der Waals surface area contributed by atoms with E-state index in [9.17, 15) is 18.0 Å². The summed E-state index contributed by atoms with van der Waals surface area (Å²) >= 11 is 0. The van der Waals surface area contributed by atoms with Crippen LogP contribution in [0.1, 0.15) is 49.5 Å². The second kappa shape index (κ2) is 10.5. The molecule has 1 aliphatic heterocycles. The predicted octanol–water partition coefficient (Wildman–Crippen LogP) is 4.17. The Bertz CT molecular complexity index is 1130. The molecule has 0 aliphatic carbocycles. The highest BCUT2D eigenvalue weighted by Gasteiger charge is 2.26. The number of hydrogen-bond acceptors (Lipinski definition) is 5. The molecule has 8 nitrogen and oxygen atoms in total. The molecule has 1 fully saturated rings. The van der Waals surface area contributed by atoms with Gasteiger partial charge in [-0.2, -0.15) is 0 Å². The third-order valence-electron chi connectivity index (χ3n) is 5.50. The topological polar surface area (TPSA) is 105 Å². The van der Waals surface area contributed by atoms with E-state index >= 15 is 0 Å². The van der Waals surface area contributed by atoms with Gasteiger partial charge in [-0.1, -0.05) is 18.2 Å². The number of amides is 2. The van der Waals surface area contributed by atoms with Crippen LogP contribution in [0.4, 0.5) is 10.5 Å². The maximum Gasteiger partial charge on any atom is 0.407 e. The first-order valence-corrected chi connectivity index (χ1v) is 12.9. The van der Waals surface area contributed by atoms with Crippen molar-refractivity contribution in [3.05, 3.63) is 59.7 Å². The molecule has 0 atom stereocenters. The molecule has 0 unspecified atom stereocenters. The molecule has 9 heteroatoms. The zero-order chi connectivity index (χ0) is 24.9. The number of nitrogens with zero attached hydrogens (tertiary/aromatic N) is 1. The first kappa shape index (κ1) is 25.6. The van der Waals surface area contributed by atoms with Crippen LogP contribution in [0.2, 0.25) is 0 Å². The number of anilines is 1. The van der Waals surface area contributed by atoms with Gasteiger partial charge in [0.15, 0.2) is 0 Å². The fourth-order valence-corrected chi connectivity index (χ4v) is 4.88. The second-order valence-electron chi connectivity index (χ2n) is 9.62. The normalized spacial score (nSPS) is 15.0. The van der Waals surface area contributed by atoms with Gasteiger partial charge in [0.25, 0.3) is 15.9 Å². The van der Waals surface area contributed by atoms with E-state index in [0.29, 0.717) is 30.9 Å². The summed E-state index contributed by atoms with van der Waals surface area (Å²) in [5.74, 6) is 0.0490. The number of likely N-dealkylation sites (tertiary alicyclic amines) is 1. The van der Waals surface area contributed by atoms with Gasteiger partial charge >= 0.3 is 6.09 Å². The van der Waals surface area contributed by atoms with Gasteiger partial charge in [0.05, 0.1) is 4.90 Å². The van der Waals surface area contributed by atoms with Crippen molar-refractivity contribution in [1.29, 1.82) is 0 Å². The zero-order valence-electron chi connectivity index (χ0n) is 20.1. The summed E-state index contributed by atoms with van der Waals surface area (Å²) in [5.41, 5.74) is 1.20. The van der Waals surface area contributed by atoms with Crippen molar-refractivity contribution in [2.75, 3.05) is 24.4 Å². The highest BCUT2D eigenvalue weighted by atomic mass is 32.2. The third kappa shape index (κ3) is 7.21. The SMILES string of the molecule is Cc1cccc(NS(=O)(=O)c2cccc(C(=O)N3CCC(CNC(=O)OC(C)(C)C)CC3)c2)c1. The quantitative estimate of drug-likeness (QED) is 0.636. The number of aryl methyl sites for hydroxylation is 1. The number of hydrogen-bond donors (Lipinski definition) is 2. The molecule has 0 spiro atoms. The highest BCUT2D eigenvalue weighted by Crippen LogP contribution is 2.22. The van der Waals surface area contributed by atoms with E-state index in [4.69, 9.17) is 4.74 Å². The van der Waals surface area contributed by atoms with Crippen molar-refractivity contribution in [3.8, 4) is 0 Å². The van der Waals surface area contributed by atoms with Crippen LogP contribution in [-0.4, -0.2) is 50.6 Å². The molecule has 2 amide bonds. The van der Waals surface area contributed by atoms with Gasteiger partial charge < -0.3 is 15.0 Å². The summed E-state index contributed by atoms with van der Waals surface area (Å²) in [6.07, 6.45) is 1.05. The molecule has 0 bridgehead atoms. The van der Waals surface area contributed by atoms with Crippen LogP contribution in [0.25, 0.3) is 0 Å². The average molecular weight is 488 g/mol. The largest absolute Gasteiger partial charge is 0.444 e. The lowest BCUT2D eigenvalue weighted by molar-refractivity contribution is 0.0500. The number of ether oxygens (including phenoxy) is 1. The van der Waals surface area contributed by atoms with Gasteiger partial charge in [-0.05, 0) is 82.3 Å². The summed E-state index contributed by atoms with van der Waals surface area (Å²) in [4.78, 5) is 26.6. The Hall–Kier alpha value is -3.07. The summed E-state index contributed by atoms with van der Waals surface area (Å²) in [6.45, 7) is 8.90. The predicted molar refractivity (Wildman–Crippen MR) is 131 cm³/mol. The first-order valence-electron chi connectivity index (χ1n) is 11.4. The van der Waals surface area contributed by atoms with Gasteiger partial charge in [0.1, 0.15) is 5.60 Å². The highest BCUT2D eigenvalue weighted by molar-refractivity contribution is 7.92. The Morgan fingerprint density at radius 2 is 1.74 bits per heavy atom. The van der Waals surface area contributed by atoms with Gasteiger partial charge in [-0.3, -0.25) is 9.52 Å². The summed E-state index contributed by atoms with van der Waals surface area (Å²) in [7, 11) is -3.83. The maximum absolute atomic E-state index is 13.0. The van der Waals surface area contributed by atoms with Gasteiger partial charge in [-0.25, -0.2) is 13.2 Å². The van der Waals surface area contributed by atoms with Gasteiger partial charge in [-0.15, -0.1) is 0 Å². The maximum atomic E-state index is 13.0. The van der Waals surface area contributed by atoms with Crippen LogP contribution in [0.5, 0.6) is 0 Å². The van der Waals surface area contributed by atoms with Gasteiger partial charge in [0.2, 0.25) is 0 Å². The molecule has 1 heterocycles. The van der Waals surface area contributed by atoms with Crippen LogP contribution >= 0.6 is 0 Å². The van der Waals surface area contributed by atoms with Crippen molar-refractivity contribution in [3.63, 3.8) is 0 Å². The molecule has 0 radical (unpaired) electrons. The number of nitrogens with one attached hydrogen (secondary N) is 2.